The Morgan fingerprint density at radius 2 is 2.22 bits per heavy atom. The molecule has 1 aromatic heterocycles. The van der Waals surface area contributed by atoms with Gasteiger partial charge in [-0.1, -0.05) is 6.07 Å². The molecule has 0 spiro atoms. The van der Waals surface area contributed by atoms with Gasteiger partial charge in [0.2, 0.25) is 0 Å². The average molecular weight is 302 g/mol. The topological polar surface area (TPSA) is 42.2 Å². The highest BCUT2D eigenvalue weighted by molar-refractivity contribution is 7.98. The third-order valence-corrected chi connectivity index (χ3v) is 4.00. The first-order valence-electron chi connectivity index (χ1n) is 5.24. The smallest absolute Gasteiger partial charge is 0.180 e. The van der Waals surface area contributed by atoms with Crippen molar-refractivity contribution in [1.29, 1.82) is 0 Å². The largest absolute Gasteiger partial charge is 0.375 e. The van der Waals surface area contributed by atoms with E-state index in [1.165, 1.54) is 15.5 Å². The Labute approximate surface area is 122 Å². The Balaban J connectivity index is 0.00000162. The van der Waals surface area contributed by atoms with Gasteiger partial charge in [0.1, 0.15) is 0 Å². The normalized spacial score (nSPS) is 9.89. The Morgan fingerprint density at radius 1 is 1.44 bits per heavy atom. The third-order valence-electron chi connectivity index (χ3n) is 2.46. The SMILES string of the molecule is CSc1cccc(N(C)Cc2cnc(N)s2)c1.Cl. The molecule has 1 heterocycles. The fraction of sp³-hybridized carbons (Fsp3) is 0.250. The average Bonchev–Trinajstić information content (AvgIpc) is 2.75. The number of thioether (sulfide) groups is 1. The van der Waals surface area contributed by atoms with Crippen LogP contribution in [-0.2, 0) is 6.54 Å². The van der Waals surface area contributed by atoms with Gasteiger partial charge >= 0.3 is 0 Å². The van der Waals surface area contributed by atoms with Gasteiger partial charge in [-0.2, -0.15) is 0 Å². The van der Waals surface area contributed by atoms with E-state index >= 15 is 0 Å². The summed E-state index contributed by atoms with van der Waals surface area (Å²) in [5.41, 5.74) is 6.84. The van der Waals surface area contributed by atoms with Crippen LogP contribution in [0.4, 0.5) is 10.8 Å². The molecular formula is C12H16ClN3S2. The number of halogens is 1. The fourth-order valence-electron chi connectivity index (χ4n) is 1.57. The highest BCUT2D eigenvalue weighted by Crippen LogP contribution is 2.24. The molecule has 1 aromatic carbocycles. The Kier molecular flexibility index (Phi) is 5.78. The van der Waals surface area contributed by atoms with E-state index in [9.17, 15) is 0 Å². The minimum atomic E-state index is 0. The molecule has 18 heavy (non-hydrogen) atoms. The number of nitrogens with zero attached hydrogens (tertiary/aromatic N) is 2. The molecule has 0 saturated heterocycles. The lowest BCUT2D eigenvalue weighted by Gasteiger charge is -2.18. The number of hydrogen-bond acceptors (Lipinski definition) is 5. The highest BCUT2D eigenvalue weighted by atomic mass is 35.5. The summed E-state index contributed by atoms with van der Waals surface area (Å²) in [6, 6.07) is 8.50. The van der Waals surface area contributed by atoms with Gasteiger partial charge in [0.05, 0.1) is 6.54 Å². The summed E-state index contributed by atoms with van der Waals surface area (Å²) < 4.78 is 0. The van der Waals surface area contributed by atoms with Crippen LogP contribution in [0.1, 0.15) is 4.88 Å². The minimum absolute atomic E-state index is 0. The predicted molar refractivity (Wildman–Crippen MR) is 84.1 cm³/mol. The number of benzene rings is 1. The van der Waals surface area contributed by atoms with Crippen molar-refractivity contribution >= 4 is 46.3 Å². The molecule has 0 aliphatic heterocycles. The molecule has 2 aromatic rings. The van der Waals surface area contributed by atoms with Crippen LogP contribution in [0.25, 0.3) is 0 Å². The second-order valence-electron chi connectivity index (χ2n) is 3.72. The molecule has 0 unspecified atom stereocenters. The van der Waals surface area contributed by atoms with E-state index in [-0.39, 0.29) is 12.4 Å². The van der Waals surface area contributed by atoms with Crippen molar-refractivity contribution < 1.29 is 0 Å². The highest BCUT2D eigenvalue weighted by Gasteiger charge is 2.05. The number of rotatable bonds is 4. The third kappa shape index (κ3) is 3.80. The van der Waals surface area contributed by atoms with Gasteiger partial charge in [0.25, 0.3) is 0 Å². The van der Waals surface area contributed by atoms with Crippen LogP contribution in [0.15, 0.2) is 35.4 Å². The molecule has 0 aliphatic carbocycles. The van der Waals surface area contributed by atoms with Gasteiger partial charge in [-0.05, 0) is 24.5 Å². The first-order valence-corrected chi connectivity index (χ1v) is 7.28. The van der Waals surface area contributed by atoms with Crippen molar-refractivity contribution in [1.82, 2.24) is 4.98 Å². The molecular weight excluding hydrogens is 286 g/mol. The monoisotopic (exact) mass is 301 g/mol. The molecule has 0 fully saturated rings. The van der Waals surface area contributed by atoms with Crippen LogP contribution >= 0.6 is 35.5 Å². The van der Waals surface area contributed by atoms with Crippen LogP contribution in [0.3, 0.4) is 0 Å². The number of nitrogen functional groups attached to an aromatic ring is 1. The molecule has 0 bridgehead atoms. The summed E-state index contributed by atoms with van der Waals surface area (Å²) in [4.78, 5) is 8.72. The summed E-state index contributed by atoms with van der Waals surface area (Å²) >= 11 is 3.29. The molecule has 98 valence electrons. The molecule has 0 amide bonds. The Bertz CT molecular complexity index is 502. The number of anilines is 2. The molecule has 2 rings (SSSR count). The molecule has 0 saturated carbocycles. The molecule has 3 nitrogen and oxygen atoms in total. The van der Waals surface area contributed by atoms with E-state index in [1.54, 1.807) is 23.1 Å². The van der Waals surface area contributed by atoms with Gasteiger partial charge in [0, 0.05) is 28.7 Å². The zero-order chi connectivity index (χ0) is 12.3. The lowest BCUT2D eigenvalue weighted by Crippen LogP contribution is -2.15. The van der Waals surface area contributed by atoms with Crippen molar-refractivity contribution in [3.63, 3.8) is 0 Å². The molecule has 0 aliphatic rings. The molecule has 6 heteroatoms. The van der Waals surface area contributed by atoms with Gasteiger partial charge in [-0.25, -0.2) is 4.98 Å². The second kappa shape index (κ2) is 6.87. The van der Waals surface area contributed by atoms with Gasteiger partial charge in [0.15, 0.2) is 5.13 Å². The summed E-state index contributed by atoms with van der Waals surface area (Å²) in [7, 11) is 2.08. The number of thiazole rings is 1. The Morgan fingerprint density at radius 3 is 2.83 bits per heavy atom. The Hall–Kier alpha value is -0.910. The zero-order valence-corrected chi connectivity index (χ0v) is 12.7. The standard InChI is InChI=1S/C12H15N3S2.ClH/c1-15(8-11-7-14-12(13)17-11)9-4-3-5-10(6-9)16-2;/h3-7H,8H2,1-2H3,(H2,13,14);1H. The zero-order valence-electron chi connectivity index (χ0n) is 10.3. The van der Waals surface area contributed by atoms with Crippen LogP contribution < -0.4 is 10.6 Å². The summed E-state index contributed by atoms with van der Waals surface area (Å²) in [5, 5.41) is 0.631. The van der Waals surface area contributed by atoms with Gasteiger partial charge in [-0.15, -0.1) is 35.5 Å². The number of hydrogen-bond donors (Lipinski definition) is 1. The maximum atomic E-state index is 5.62. The van der Waals surface area contributed by atoms with Crippen molar-refractivity contribution in [2.24, 2.45) is 0 Å². The predicted octanol–water partition coefficient (Wildman–Crippen LogP) is 3.51. The summed E-state index contributed by atoms with van der Waals surface area (Å²) in [6.45, 7) is 0.840. The minimum Gasteiger partial charge on any atom is -0.375 e. The van der Waals surface area contributed by atoms with Gasteiger partial charge in [-0.3, -0.25) is 0 Å². The van der Waals surface area contributed by atoms with Crippen LogP contribution in [0, 0.1) is 0 Å². The summed E-state index contributed by atoms with van der Waals surface area (Å²) in [6.07, 6.45) is 3.93. The molecule has 2 N–H and O–H groups in total. The number of nitrogens with two attached hydrogens (primary N) is 1. The van der Waals surface area contributed by atoms with Crippen LogP contribution in [0.2, 0.25) is 0 Å². The molecule has 0 atom stereocenters. The van der Waals surface area contributed by atoms with Crippen LogP contribution in [-0.4, -0.2) is 18.3 Å². The molecule has 0 radical (unpaired) electrons. The van der Waals surface area contributed by atoms with Crippen LogP contribution in [0.5, 0.6) is 0 Å². The fourth-order valence-corrected chi connectivity index (χ4v) is 2.76. The second-order valence-corrected chi connectivity index (χ2v) is 5.75. The first kappa shape index (κ1) is 15.1. The van der Waals surface area contributed by atoms with Crippen molar-refractivity contribution in [2.75, 3.05) is 23.9 Å². The van der Waals surface area contributed by atoms with Crippen molar-refractivity contribution in [3.8, 4) is 0 Å². The van der Waals surface area contributed by atoms with E-state index < -0.39 is 0 Å². The van der Waals surface area contributed by atoms with E-state index in [2.05, 4.69) is 47.5 Å². The van der Waals surface area contributed by atoms with E-state index in [0.29, 0.717) is 5.13 Å². The van der Waals surface area contributed by atoms with E-state index in [0.717, 1.165) is 6.54 Å². The maximum Gasteiger partial charge on any atom is 0.180 e. The van der Waals surface area contributed by atoms with E-state index in [4.69, 9.17) is 5.73 Å². The lowest BCUT2D eigenvalue weighted by atomic mass is 10.3. The first-order chi connectivity index (χ1) is 8.19. The van der Waals surface area contributed by atoms with Gasteiger partial charge < -0.3 is 10.6 Å². The van der Waals surface area contributed by atoms with Crippen molar-refractivity contribution in [2.45, 2.75) is 11.4 Å². The number of aromatic nitrogens is 1. The lowest BCUT2D eigenvalue weighted by molar-refractivity contribution is 0.934. The maximum absolute atomic E-state index is 5.62. The quantitative estimate of drug-likeness (QED) is 0.878. The van der Waals surface area contributed by atoms with Crippen molar-refractivity contribution in [3.05, 3.63) is 35.3 Å². The summed E-state index contributed by atoms with van der Waals surface area (Å²) in [5.74, 6) is 0. The van der Waals surface area contributed by atoms with E-state index in [1.807, 2.05) is 6.20 Å².